The number of ether oxygens (including phenoxy) is 1. The van der Waals surface area contributed by atoms with Crippen molar-refractivity contribution in [1.29, 1.82) is 5.26 Å². The number of anilines is 1. The smallest absolute Gasteiger partial charge is 0.150 e. The molecule has 0 spiro atoms. The van der Waals surface area contributed by atoms with E-state index >= 15 is 0 Å². The Labute approximate surface area is 237 Å². The molecule has 6 nitrogen and oxygen atoms in total. The van der Waals surface area contributed by atoms with Gasteiger partial charge in [0.2, 0.25) is 0 Å². The molecule has 2 N–H and O–H groups in total. The van der Waals surface area contributed by atoms with Crippen LogP contribution in [0.25, 0.3) is 0 Å². The van der Waals surface area contributed by atoms with E-state index in [9.17, 15) is 9.50 Å². The number of nitriles is 1. The summed E-state index contributed by atoms with van der Waals surface area (Å²) in [6.45, 7) is 11.3. The van der Waals surface area contributed by atoms with Crippen LogP contribution in [-0.2, 0) is 0 Å². The van der Waals surface area contributed by atoms with Gasteiger partial charge in [0.05, 0.1) is 30.0 Å². The molecule has 1 unspecified atom stereocenters. The highest BCUT2D eigenvalue weighted by atomic mass is 35.5. The van der Waals surface area contributed by atoms with Crippen LogP contribution in [0.2, 0.25) is 5.02 Å². The highest BCUT2D eigenvalue weighted by molar-refractivity contribution is 6.30. The van der Waals surface area contributed by atoms with E-state index in [1.165, 1.54) is 6.07 Å². The van der Waals surface area contributed by atoms with E-state index in [2.05, 4.69) is 11.0 Å². The average Bonchev–Trinajstić information content (AvgIpc) is 2.99. The van der Waals surface area contributed by atoms with Crippen LogP contribution in [0.5, 0.6) is 5.75 Å². The van der Waals surface area contributed by atoms with Gasteiger partial charge in [-0.1, -0.05) is 69.6 Å². The van der Waals surface area contributed by atoms with Crippen molar-refractivity contribution in [3.63, 3.8) is 0 Å². The monoisotopic (exact) mass is 557 g/mol. The Kier molecular flexibility index (Phi) is 17.2. The van der Waals surface area contributed by atoms with E-state index in [4.69, 9.17) is 26.7 Å². The molecule has 0 aromatic heterocycles. The molecule has 0 radical (unpaired) electrons. The van der Waals surface area contributed by atoms with Crippen molar-refractivity contribution in [2.24, 2.45) is 0 Å². The minimum atomic E-state index is -0.626. The Morgan fingerprint density at radius 2 is 1.56 bits per heavy atom. The minimum absolute atomic E-state index is 0.111. The van der Waals surface area contributed by atoms with Crippen LogP contribution in [0.4, 0.5) is 10.1 Å². The topological polar surface area (TPSA) is 80.0 Å². The van der Waals surface area contributed by atoms with Crippen LogP contribution in [-0.4, -0.2) is 61.1 Å². The van der Waals surface area contributed by atoms with Gasteiger partial charge in [0.15, 0.2) is 0 Å². The molecule has 1 heterocycles. The van der Waals surface area contributed by atoms with Gasteiger partial charge < -0.3 is 19.8 Å². The van der Waals surface area contributed by atoms with Crippen molar-refractivity contribution in [3.8, 4) is 11.8 Å². The van der Waals surface area contributed by atoms with Crippen LogP contribution in [0.15, 0.2) is 72.8 Å². The summed E-state index contributed by atoms with van der Waals surface area (Å²) >= 11 is 5.54. The second-order valence-corrected chi connectivity index (χ2v) is 8.45. The van der Waals surface area contributed by atoms with Crippen LogP contribution in [0.3, 0.4) is 0 Å². The van der Waals surface area contributed by atoms with Gasteiger partial charge in [-0.2, -0.15) is 5.26 Å². The molecule has 8 heteroatoms. The number of aliphatic hydroxyl groups excluding tert-OH is 2. The molecule has 212 valence electrons. The van der Waals surface area contributed by atoms with Crippen molar-refractivity contribution in [1.82, 2.24) is 4.90 Å². The van der Waals surface area contributed by atoms with Gasteiger partial charge in [0.1, 0.15) is 18.2 Å². The van der Waals surface area contributed by atoms with Gasteiger partial charge in [-0.25, -0.2) is 4.39 Å². The van der Waals surface area contributed by atoms with Crippen LogP contribution < -0.4 is 9.64 Å². The van der Waals surface area contributed by atoms with E-state index in [1.54, 1.807) is 36.4 Å². The lowest BCUT2D eigenvalue weighted by molar-refractivity contribution is 0.109. The summed E-state index contributed by atoms with van der Waals surface area (Å²) in [7, 11) is 0. The molecule has 1 saturated heterocycles. The van der Waals surface area contributed by atoms with Crippen molar-refractivity contribution in [2.75, 3.05) is 50.8 Å². The Hall–Kier alpha value is -3.15. The number of aliphatic hydroxyl groups is 2. The standard InChI is InChI=1S/C21H24FN3O3.C6H5Cl.2C2H6/c22-19-13-18(28-12-11-26)5-6-20(19)25-9-7-24(8-10-25)15-21(27)17-3-1-16(14-23)2-4-17;7-6-4-2-1-3-5-6;2*1-2/h1-6,13,21,26-27H,7-12,15H2;1-5H;2*1-2H3. The number of nitrogens with zero attached hydrogens (tertiary/aromatic N) is 3. The highest BCUT2D eigenvalue weighted by Gasteiger charge is 2.22. The van der Waals surface area contributed by atoms with E-state index < -0.39 is 6.10 Å². The van der Waals surface area contributed by atoms with Crippen molar-refractivity contribution in [3.05, 3.63) is 94.8 Å². The Morgan fingerprint density at radius 1 is 0.949 bits per heavy atom. The summed E-state index contributed by atoms with van der Waals surface area (Å²) in [6.07, 6.45) is -0.626. The summed E-state index contributed by atoms with van der Waals surface area (Å²) in [4.78, 5) is 4.13. The van der Waals surface area contributed by atoms with Crippen molar-refractivity contribution < 1.29 is 19.3 Å². The number of hydrogen-bond donors (Lipinski definition) is 2. The van der Waals surface area contributed by atoms with Crippen LogP contribution in [0, 0.1) is 17.1 Å². The third-order valence-electron chi connectivity index (χ3n) is 5.58. The first-order chi connectivity index (χ1) is 19.0. The number of hydrogen-bond acceptors (Lipinski definition) is 6. The first kappa shape index (κ1) is 33.9. The highest BCUT2D eigenvalue weighted by Crippen LogP contribution is 2.26. The fourth-order valence-corrected chi connectivity index (χ4v) is 3.86. The van der Waals surface area contributed by atoms with Crippen LogP contribution >= 0.6 is 11.6 Å². The second-order valence-electron chi connectivity index (χ2n) is 8.02. The van der Waals surface area contributed by atoms with Gasteiger partial charge in [0, 0.05) is 43.8 Å². The number of rotatable bonds is 7. The van der Waals surface area contributed by atoms with Gasteiger partial charge in [0.25, 0.3) is 0 Å². The molecular weight excluding hydrogens is 517 g/mol. The van der Waals surface area contributed by atoms with Gasteiger partial charge in [-0.15, -0.1) is 0 Å². The third kappa shape index (κ3) is 12.1. The normalized spacial score (nSPS) is 13.3. The molecular formula is C31H41ClFN3O3. The predicted molar refractivity (Wildman–Crippen MR) is 158 cm³/mol. The fraction of sp³-hybridized carbons (Fsp3) is 0.387. The molecule has 1 fully saturated rings. The molecule has 0 bridgehead atoms. The van der Waals surface area contributed by atoms with E-state index in [1.807, 2.05) is 62.9 Å². The van der Waals surface area contributed by atoms with Gasteiger partial charge in [-0.3, -0.25) is 4.90 Å². The molecule has 39 heavy (non-hydrogen) atoms. The maximum Gasteiger partial charge on any atom is 0.150 e. The number of piperazine rings is 1. The van der Waals surface area contributed by atoms with E-state index in [0.717, 1.165) is 23.7 Å². The maximum absolute atomic E-state index is 14.4. The van der Waals surface area contributed by atoms with Crippen molar-refractivity contribution in [2.45, 2.75) is 33.8 Å². The molecule has 0 saturated carbocycles. The molecule has 3 aromatic carbocycles. The van der Waals surface area contributed by atoms with Crippen molar-refractivity contribution >= 4 is 17.3 Å². The zero-order valence-electron chi connectivity index (χ0n) is 23.4. The zero-order chi connectivity index (χ0) is 29.0. The Balaban J connectivity index is 0.000000585. The first-order valence-corrected chi connectivity index (χ1v) is 13.8. The quantitative estimate of drug-likeness (QED) is 0.354. The molecule has 1 atom stereocenters. The van der Waals surface area contributed by atoms with Crippen LogP contribution in [0.1, 0.15) is 44.9 Å². The summed E-state index contributed by atoms with van der Waals surface area (Å²) in [5.74, 6) is 0.0565. The summed E-state index contributed by atoms with van der Waals surface area (Å²) in [5.41, 5.74) is 1.88. The minimum Gasteiger partial charge on any atom is -0.491 e. The lowest BCUT2D eigenvalue weighted by Crippen LogP contribution is -2.47. The lowest BCUT2D eigenvalue weighted by atomic mass is 10.1. The molecule has 1 aliphatic heterocycles. The Bertz CT molecular complexity index is 1090. The Morgan fingerprint density at radius 3 is 2.05 bits per heavy atom. The predicted octanol–water partition coefficient (Wildman–Crippen LogP) is 6.32. The first-order valence-electron chi connectivity index (χ1n) is 13.4. The largest absolute Gasteiger partial charge is 0.491 e. The molecule has 3 aromatic rings. The van der Waals surface area contributed by atoms with Gasteiger partial charge in [-0.05, 0) is 42.0 Å². The van der Waals surface area contributed by atoms with E-state index in [0.29, 0.717) is 36.6 Å². The summed E-state index contributed by atoms with van der Waals surface area (Å²) in [6, 6.07) is 23.2. The van der Waals surface area contributed by atoms with Gasteiger partial charge >= 0.3 is 0 Å². The molecule has 0 aliphatic carbocycles. The number of benzene rings is 3. The van der Waals surface area contributed by atoms with E-state index in [-0.39, 0.29) is 19.0 Å². The fourth-order valence-electron chi connectivity index (χ4n) is 3.71. The summed E-state index contributed by atoms with van der Waals surface area (Å²) < 4.78 is 19.6. The lowest BCUT2D eigenvalue weighted by Gasteiger charge is -2.37. The third-order valence-corrected chi connectivity index (χ3v) is 5.83. The average molecular weight is 558 g/mol. The molecule has 0 amide bonds. The number of halogens is 2. The zero-order valence-corrected chi connectivity index (χ0v) is 24.1. The maximum atomic E-state index is 14.4. The molecule has 1 aliphatic rings. The second kappa shape index (κ2) is 19.9. The SMILES string of the molecule is CC.CC.Clc1ccccc1.N#Cc1ccc(C(O)CN2CCN(c3ccc(OCCO)cc3F)CC2)cc1. The summed E-state index contributed by atoms with van der Waals surface area (Å²) in [5, 5.41) is 28.9. The molecule has 4 rings (SSSR count). The number of β-amino-alcohol motifs (C(OH)–C–C–N with tert-alkyl or cyclic N) is 1.